The summed E-state index contributed by atoms with van der Waals surface area (Å²) in [5.74, 6) is -0.408. The van der Waals surface area contributed by atoms with Crippen molar-refractivity contribution in [3.63, 3.8) is 0 Å². The number of para-hydroxylation sites is 1. The van der Waals surface area contributed by atoms with Gasteiger partial charge in [0.25, 0.3) is 10.1 Å². The van der Waals surface area contributed by atoms with E-state index in [0.29, 0.717) is 11.3 Å². The molecule has 0 N–H and O–H groups in total. The Morgan fingerprint density at radius 2 is 1.77 bits per heavy atom. The minimum Gasteiger partial charge on any atom is -0.210 e. The summed E-state index contributed by atoms with van der Waals surface area (Å²) in [5.41, 5.74) is 0.581. The summed E-state index contributed by atoms with van der Waals surface area (Å²) < 4.78 is 29.3. The van der Waals surface area contributed by atoms with Crippen LogP contribution in [0.25, 0.3) is 0 Å². The molecule has 0 aromatic heterocycles. The zero-order valence-electron chi connectivity index (χ0n) is 11.9. The molecule has 2 aromatic rings. The molecule has 0 radical (unpaired) electrons. The van der Waals surface area contributed by atoms with Crippen molar-refractivity contribution in [3.8, 4) is 6.07 Å². The summed E-state index contributed by atoms with van der Waals surface area (Å²) in [4.78, 5) is 0. The summed E-state index contributed by atoms with van der Waals surface area (Å²) in [6.07, 6.45) is 0. The summed E-state index contributed by atoms with van der Waals surface area (Å²) in [6, 6.07) is 18.2. The van der Waals surface area contributed by atoms with Gasteiger partial charge >= 0.3 is 0 Å². The second-order valence-corrected chi connectivity index (χ2v) is 6.75. The molecule has 1 fully saturated rings. The Bertz CT molecular complexity index is 843. The molecule has 2 aromatic carbocycles. The lowest BCUT2D eigenvalue weighted by atomic mass is 9.92. The lowest BCUT2D eigenvalue weighted by Crippen LogP contribution is -2.41. The third-order valence-electron chi connectivity index (χ3n) is 3.69. The van der Waals surface area contributed by atoms with E-state index in [1.165, 1.54) is 5.06 Å². The SMILES string of the molecule is Cc1ccccc1N1OS(=O)(=O)C[C@]1(C#N)c1ccccc1. The lowest BCUT2D eigenvalue weighted by molar-refractivity contribution is 0.265. The van der Waals surface area contributed by atoms with E-state index in [2.05, 4.69) is 6.07 Å². The fourth-order valence-electron chi connectivity index (χ4n) is 2.61. The maximum atomic E-state index is 12.1. The Kier molecular flexibility index (Phi) is 3.39. The second-order valence-electron chi connectivity index (χ2n) is 5.20. The van der Waals surface area contributed by atoms with Crippen molar-refractivity contribution in [2.75, 3.05) is 10.8 Å². The zero-order chi connectivity index (χ0) is 15.8. The summed E-state index contributed by atoms with van der Waals surface area (Å²) in [6.45, 7) is 1.84. The highest BCUT2D eigenvalue weighted by Crippen LogP contribution is 2.41. The molecular weight excluding hydrogens is 300 g/mol. The molecule has 0 aliphatic carbocycles. The highest BCUT2D eigenvalue weighted by molar-refractivity contribution is 7.87. The van der Waals surface area contributed by atoms with Crippen molar-refractivity contribution >= 4 is 15.8 Å². The highest BCUT2D eigenvalue weighted by Gasteiger charge is 2.53. The molecule has 1 saturated heterocycles. The number of hydroxylamine groups is 1. The van der Waals surface area contributed by atoms with Gasteiger partial charge in [-0.25, -0.2) is 5.06 Å². The number of rotatable bonds is 2. The minimum absolute atomic E-state index is 0.408. The van der Waals surface area contributed by atoms with Crippen LogP contribution in [0.5, 0.6) is 0 Å². The van der Waals surface area contributed by atoms with Crippen LogP contribution in [0.2, 0.25) is 0 Å². The second kappa shape index (κ2) is 5.13. The van der Waals surface area contributed by atoms with E-state index < -0.39 is 21.4 Å². The van der Waals surface area contributed by atoms with E-state index >= 15 is 0 Å². The van der Waals surface area contributed by atoms with Crippen LogP contribution in [0.3, 0.4) is 0 Å². The number of hydrogen-bond donors (Lipinski definition) is 0. The first kappa shape index (κ1) is 14.6. The maximum Gasteiger partial charge on any atom is 0.292 e. The Hall–Kier alpha value is -2.36. The van der Waals surface area contributed by atoms with E-state index in [4.69, 9.17) is 4.28 Å². The normalized spacial score (nSPS) is 23.2. The van der Waals surface area contributed by atoms with Crippen LogP contribution < -0.4 is 5.06 Å². The lowest BCUT2D eigenvalue weighted by Gasteiger charge is -2.31. The molecule has 1 atom stereocenters. The van der Waals surface area contributed by atoms with E-state index in [1.807, 2.05) is 25.1 Å². The molecule has 0 bridgehead atoms. The molecule has 0 saturated carbocycles. The van der Waals surface area contributed by atoms with Crippen molar-refractivity contribution in [2.24, 2.45) is 0 Å². The van der Waals surface area contributed by atoms with Crippen molar-refractivity contribution in [1.29, 1.82) is 5.26 Å². The number of nitriles is 1. The molecule has 0 spiro atoms. The van der Waals surface area contributed by atoms with Crippen molar-refractivity contribution in [2.45, 2.75) is 12.5 Å². The van der Waals surface area contributed by atoms with Gasteiger partial charge in [0.2, 0.25) is 0 Å². The van der Waals surface area contributed by atoms with E-state index in [1.54, 1.807) is 36.4 Å². The van der Waals surface area contributed by atoms with Crippen molar-refractivity contribution < 1.29 is 12.7 Å². The number of benzene rings is 2. The Morgan fingerprint density at radius 3 is 2.41 bits per heavy atom. The van der Waals surface area contributed by atoms with Gasteiger partial charge in [-0.2, -0.15) is 13.7 Å². The van der Waals surface area contributed by atoms with Crippen LogP contribution in [0, 0.1) is 18.3 Å². The molecule has 112 valence electrons. The number of anilines is 1. The molecule has 5 nitrogen and oxygen atoms in total. The van der Waals surface area contributed by atoms with Gasteiger partial charge in [0, 0.05) is 0 Å². The fraction of sp³-hybridized carbons (Fsp3) is 0.188. The predicted molar refractivity (Wildman–Crippen MR) is 82.3 cm³/mol. The molecule has 3 rings (SSSR count). The van der Waals surface area contributed by atoms with Gasteiger partial charge in [-0.3, -0.25) is 0 Å². The van der Waals surface area contributed by atoms with Gasteiger partial charge in [-0.1, -0.05) is 48.5 Å². The van der Waals surface area contributed by atoms with Gasteiger partial charge < -0.3 is 0 Å². The maximum absolute atomic E-state index is 12.1. The van der Waals surface area contributed by atoms with Crippen LogP contribution in [0.1, 0.15) is 11.1 Å². The van der Waals surface area contributed by atoms with Crippen LogP contribution in [-0.2, 0) is 19.9 Å². The largest absolute Gasteiger partial charge is 0.292 e. The van der Waals surface area contributed by atoms with Crippen LogP contribution >= 0.6 is 0 Å². The molecule has 6 heteroatoms. The third kappa shape index (κ3) is 2.25. The first-order chi connectivity index (χ1) is 10.5. The smallest absolute Gasteiger partial charge is 0.210 e. The minimum atomic E-state index is -3.82. The molecule has 22 heavy (non-hydrogen) atoms. The van der Waals surface area contributed by atoms with Crippen molar-refractivity contribution in [1.82, 2.24) is 0 Å². The van der Waals surface area contributed by atoms with Gasteiger partial charge in [-0.15, -0.1) is 4.28 Å². The first-order valence-electron chi connectivity index (χ1n) is 6.73. The molecule has 1 aliphatic rings. The van der Waals surface area contributed by atoms with Crippen LogP contribution in [-0.4, -0.2) is 14.2 Å². The number of aryl methyl sites for hydroxylation is 1. The molecule has 1 heterocycles. The molecular formula is C16H14N2O3S. The van der Waals surface area contributed by atoms with Crippen LogP contribution in [0.4, 0.5) is 5.69 Å². The zero-order valence-corrected chi connectivity index (χ0v) is 12.7. The highest BCUT2D eigenvalue weighted by atomic mass is 32.2. The van der Waals surface area contributed by atoms with E-state index in [0.717, 1.165) is 5.56 Å². The van der Waals surface area contributed by atoms with E-state index in [9.17, 15) is 13.7 Å². The Morgan fingerprint density at radius 1 is 1.14 bits per heavy atom. The average molecular weight is 314 g/mol. The molecule has 0 unspecified atom stereocenters. The van der Waals surface area contributed by atoms with Crippen molar-refractivity contribution in [3.05, 3.63) is 65.7 Å². The van der Waals surface area contributed by atoms with E-state index in [-0.39, 0.29) is 0 Å². The topological polar surface area (TPSA) is 70.4 Å². The predicted octanol–water partition coefficient (Wildman–Crippen LogP) is 2.50. The molecule has 1 aliphatic heterocycles. The van der Waals surface area contributed by atoms with Gasteiger partial charge in [0.05, 0.1) is 11.8 Å². The van der Waals surface area contributed by atoms with Crippen LogP contribution in [0.15, 0.2) is 54.6 Å². The quantitative estimate of drug-likeness (QED) is 0.851. The third-order valence-corrected chi connectivity index (χ3v) is 4.84. The fourth-order valence-corrected chi connectivity index (χ4v) is 3.96. The summed E-state index contributed by atoms with van der Waals surface area (Å²) in [5, 5.41) is 11.0. The summed E-state index contributed by atoms with van der Waals surface area (Å²) >= 11 is 0. The number of nitrogens with zero attached hydrogens (tertiary/aromatic N) is 2. The number of hydrogen-bond acceptors (Lipinski definition) is 5. The monoisotopic (exact) mass is 314 g/mol. The standard InChI is InChI=1S/C16H14N2O3S/c1-13-7-5-6-10-15(13)18-16(11-17,12-22(19,20)21-18)14-8-3-2-4-9-14/h2-10H,12H2,1H3/t16-/m1/s1. The van der Waals surface area contributed by atoms with Gasteiger partial charge in [-0.05, 0) is 24.1 Å². The summed E-state index contributed by atoms with van der Waals surface area (Å²) in [7, 11) is -3.82. The molecule has 0 amide bonds. The van der Waals surface area contributed by atoms with Gasteiger partial charge in [0.1, 0.15) is 5.75 Å². The van der Waals surface area contributed by atoms with Gasteiger partial charge in [0.15, 0.2) is 5.54 Å². The first-order valence-corrected chi connectivity index (χ1v) is 8.31. The Labute approximate surface area is 129 Å². The Balaban J connectivity index is 2.23. The average Bonchev–Trinajstić information content (AvgIpc) is 2.81.